The summed E-state index contributed by atoms with van der Waals surface area (Å²) >= 11 is 0. The van der Waals surface area contributed by atoms with Gasteiger partial charge < -0.3 is 5.32 Å². The van der Waals surface area contributed by atoms with Crippen LogP contribution in [0.25, 0.3) is 0 Å². The van der Waals surface area contributed by atoms with Crippen molar-refractivity contribution in [3.63, 3.8) is 0 Å². The molecule has 0 spiro atoms. The van der Waals surface area contributed by atoms with Crippen LogP contribution in [0.4, 0.5) is 0 Å². The highest BCUT2D eigenvalue weighted by molar-refractivity contribution is 7.89. The monoisotopic (exact) mass is 284 g/mol. The summed E-state index contributed by atoms with van der Waals surface area (Å²) in [4.78, 5) is 0.449. The molecule has 0 radical (unpaired) electrons. The summed E-state index contributed by atoms with van der Waals surface area (Å²) in [6.07, 6.45) is 0.802. The fourth-order valence-corrected chi connectivity index (χ4v) is 3.94. The second-order valence-corrected chi connectivity index (χ2v) is 6.99. The number of hydrogen-bond acceptors (Lipinski definition) is 3. The zero-order chi connectivity index (χ0) is 14.6. The fourth-order valence-electron chi connectivity index (χ4n) is 2.33. The molecule has 1 N–H and O–H groups in total. The molecule has 0 fully saturated rings. The molecule has 5 heteroatoms. The van der Waals surface area contributed by atoms with Gasteiger partial charge in [-0.1, -0.05) is 17.7 Å². The summed E-state index contributed by atoms with van der Waals surface area (Å²) in [7, 11) is 0.114. The number of rotatable bonds is 6. The Morgan fingerprint density at radius 2 is 1.68 bits per heavy atom. The van der Waals surface area contributed by atoms with Gasteiger partial charge in [-0.05, 0) is 51.9 Å². The number of sulfonamides is 1. The van der Waals surface area contributed by atoms with Crippen molar-refractivity contribution < 1.29 is 8.42 Å². The van der Waals surface area contributed by atoms with Gasteiger partial charge in [0, 0.05) is 13.6 Å². The van der Waals surface area contributed by atoms with Crippen LogP contribution < -0.4 is 5.32 Å². The summed E-state index contributed by atoms with van der Waals surface area (Å²) in [5.41, 5.74) is 2.72. The first-order valence-corrected chi connectivity index (χ1v) is 7.93. The van der Waals surface area contributed by atoms with Crippen molar-refractivity contribution in [2.24, 2.45) is 0 Å². The van der Waals surface area contributed by atoms with Gasteiger partial charge in [0.2, 0.25) is 10.0 Å². The van der Waals surface area contributed by atoms with Gasteiger partial charge in [0.1, 0.15) is 0 Å². The van der Waals surface area contributed by atoms with Gasteiger partial charge in [0.05, 0.1) is 4.90 Å². The minimum atomic E-state index is -3.39. The zero-order valence-electron chi connectivity index (χ0n) is 12.4. The van der Waals surface area contributed by atoms with Gasteiger partial charge in [0.15, 0.2) is 0 Å². The largest absolute Gasteiger partial charge is 0.320 e. The highest BCUT2D eigenvalue weighted by atomic mass is 32.2. The van der Waals surface area contributed by atoms with E-state index >= 15 is 0 Å². The van der Waals surface area contributed by atoms with Gasteiger partial charge in [-0.3, -0.25) is 0 Å². The van der Waals surface area contributed by atoms with Crippen LogP contribution in [0.15, 0.2) is 17.0 Å². The van der Waals surface area contributed by atoms with Gasteiger partial charge in [-0.25, -0.2) is 12.7 Å². The first-order chi connectivity index (χ1) is 8.80. The average molecular weight is 284 g/mol. The molecular weight excluding hydrogens is 260 g/mol. The van der Waals surface area contributed by atoms with E-state index in [2.05, 4.69) is 5.32 Å². The van der Waals surface area contributed by atoms with E-state index in [1.807, 2.05) is 40.0 Å². The Kier molecular flexibility index (Phi) is 5.52. The maximum atomic E-state index is 12.6. The van der Waals surface area contributed by atoms with Crippen molar-refractivity contribution in [1.29, 1.82) is 0 Å². The Bertz CT molecular complexity index is 515. The van der Waals surface area contributed by atoms with E-state index in [9.17, 15) is 8.42 Å². The van der Waals surface area contributed by atoms with Crippen molar-refractivity contribution in [2.75, 3.05) is 27.2 Å². The quantitative estimate of drug-likeness (QED) is 0.811. The predicted molar refractivity (Wildman–Crippen MR) is 79.0 cm³/mol. The molecule has 0 unspecified atom stereocenters. The first-order valence-electron chi connectivity index (χ1n) is 6.49. The van der Waals surface area contributed by atoms with Crippen LogP contribution in [0.3, 0.4) is 0 Å². The van der Waals surface area contributed by atoms with Gasteiger partial charge in [-0.2, -0.15) is 0 Å². The smallest absolute Gasteiger partial charge is 0.243 e. The van der Waals surface area contributed by atoms with Crippen molar-refractivity contribution in [3.8, 4) is 0 Å². The maximum Gasteiger partial charge on any atom is 0.243 e. The Labute approximate surface area is 116 Å². The Hall–Kier alpha value is -0.910. The predicted octanol–water partition coefficient (Wildman–Crippen LogP) is 1.84. The van der Waals surface area contributed by atoms with Crippen LogP contribution in [0.5, 0.6) is 0 Å². The molecule has 4 nitrogen and oxygen atoms in total. The molecule has 1 rings (SSSR count). The molecule has 0 aromatic heterocycles. The molecule has 0 heterocycles. The van der Waals surface area contributed by atoms with Crippen molar-refractivity contribution >= 4 is 10.0 Å². The number of nitrogens with one attached hydrogen (secondary N) is 1. The molecule has 0 amide bonds. The zero-order valence-corrected chi connectivity index (χ0v) is 13.3. The second-order valence-electron chi connectivity index (χ2n) is 5.01. The normalized spacial score (nSPS) is 12.1. The molecule has 0 aliphatic carbocycles. The Morgan fingerprint density at radius 3 is 2.16 bits per heavy atom. The third-order valence-corrected chi connectivity index (χ3v) is 5.34. The van der Waals surface area contributed by atoms with E-state index in [4.69, 9.17) is 0 Å². The van der Waals surface area contributed by atoms with Crippen LogP contribution in [0.2, 0.25) is 0 Å². The highest BCUT2D eigenvalue weighted by Crippen LogP contribution is 2.24. The summed E-state index contributed by atoms with van der Waals surface area (Å²) in [5.74, 6) is 0. The van der Waals surface area contributed by atoms with Crippen molar-refractivity contribution in [1.82, 2.24) is 9.62 Å². The molecule has 0 saturated heterocycles. The average Bonchev–Trinajstić information content (AvgIpc) is 2.27. The van der Waals surface area contributed by atoms with Crippen LogP contribution in [0, 0.1) is 20.8 Å². The molecule has 0 bridgehead atoms. The number of benzene rings is 1. The van der Waals surface area contributed by atoms with E-state index in [-0.39, 0.29) is 0 Å². The lowest BCUT2D eigenvalue weighted by Gasteiger charge is -2.20. The van der Waals surface area contributed by atoms with Gasteiger partial charge in [-0.15, -0.1) is 0 Å². The SMILES string of the molecule is CNCCCN(C)S(=O)(=O)c1c(C)cc(C)cc1C. The van der Waals surface area contributed by atoms with E-state index in [0.29, 0.717) is 11.4 Å². The molecule has 0 aliphatic heterocycles. The molecule has 19 heavy (non-hydrogen) atoms. The van der Waals surface area contributed by atoms with Crippen molar-refractivity contribution in [2.45, 2.75) is 32.1 Å². The van der Waals surface area contributed by atoms with E-state index in [0.717, 1.165) is 29.7 Å². The molecule has 108 valence electrons. The molecule has 1 aromatic carbocycles. The second kappa shape index (κ2) is 6.50. The minimum absolute atomic E-state index is 0.449. The lowest BCUT2D eigenvalue weighted by molar-refractivity contribution is 0.457. The van der Waals surface area contributed by atoms with Crippen LogP contribution >= 0.6 is 0 Å². The molecule has 1 aromatic rings. The van der Waals surface area contributed by atoms with Crippen molar-refractivity contribution in [3.05, 3.63) is 28.8 Å². The Morgan fingerprint density at radius 1 is 1.16 bits per heavy atom. The van der Waals surface area contributed by atoms with Crippen LogP contribution in [0.1, 0.15) is 23.1 Å². The van der Waals surface area contributed by atoms with E-state index < -0.39 is 10.0 Å². The highest BCUT2D eigenvalue weighted by Gasteiger charge is 2.24. The fraction of sp³-hybridized carbons (Fsp3) is 0.571. The van der Waals surface area contributed by atoms with Crippen LogP contribution in [-0.2, 0) is 10.0 Å². The Balaban J connectivity index is 3.07. The van der Waals surface area contributed by atoms with Gasteiger partial charge in [0.25, 0.3) is 0 Å². The first kappa shape index (κ1) is 16.1. The lowest BCUT2D eigenvalue weighted by atomic mass is 10.1. The molecule has 0 saturated carbocycles. The number of aryl methyl sites for hydroxylation is 3. The van der Waals surface area contributed by atoms with Gasteiger partial charge >= 0.3 is 0 Å². The minimum Gasteiger partial charge on any atom is -0.320 e. The molecular formula is C14H24N2O2S. The summed E-state index contributed by atoms with van der Waals surface area (Å²) in [5, 5.41) is 3.02. The van der Waals surface area contributed by atoms with Crippen LogP contribution in [-0.4, -0.2) is 39.9 Å². The summed E-state index contributed by atoms with van der Waals surface area (Å²) < 4.78 is 26.6. The lowest BCUT2D eigenvalue weighted by Crippen LogP contribution is -2.30. The van der Waals surface area contributed by atoms with E-state index in [1.165, 1.54) is 4.31 Å². The summed E-state index contributed by atoms with van der Waals surface area (Å²) in [6.45, 7) is 7.03. The third-order valence-electron chi connectivity index (χ3n) is 3.17. The third kappa shape index (κ3) is 3.78. The number of nitrogens with zero attached hydrogens (tertiary/aromatic N) is 1. The molecule has 0 aliphatic rings. The standard InChI is InChI=1S/C14H24N2O2S/c1-11-9-12(2)14(13(3)10-11)19(17,18)16(5)8-6-7-15-4/h9-10,15H,6-8H2,1-5H3. The summed E-state index contributed by atoms with van der Waals surface area (Å²) in [6, 6.07) is 3.84. The maximum absolute atomic E-state index is 12.6. The topological polar surface area (TPSA) is 49.4 Å². The number of hydrogen-bond donors (Lipinski definition) is 1. The molecule has 0 atom stereocenters. The van der Waals surface area contributed by atoms with E-state index in [1.54, 1.807) is 7.05 Å².